The lowest BCUT2D eigenvalue weighted by Gasteiger charge is -2.26. The summed E-state index contributed by atoms with van der Waals surface area (Å²) in [4.78, 5) is 23.4. The molecule has 0 spiro atoms. The predicted octanol–water partition coefficient (Wildman–Crippen LogP) is 3.28. The fourth-order valence-electron chi connectivity index (χ4n) is 2.24. The summed E-state index contributed by atoms with van der Waals surface area (Å²) in [6.07, 6.45) is 2.47. The van der Waals surface area contributed by atoms with E-state index in [0.717, 1.165) is 23.9 Å². The Labute approximate surface area is 184 Å². The zero-order chi connectivity index (χ0) is 19.7. The van der Waals surface area contributed by atoms with Gasteiger partial charge in [-0.15, -0.1) is 35.3 Å². The van der Waals surface area contributed by atoms with Gasteiger partial charge in [0.15, 0.2) is 5.96 Å². The van der Waals surface area contributed by atoms with E-state index in [4.69, 9.17) is 4.74 Å². The first-order valence-electron chi connectivity index (χ1n) is 8.90. The number of ether oxygens (including phenoxy) is 1. The van der Waals surface area contributed by atoms with E-state index in [-0.39, 0.29) is 36.0 Å². The molecule has 1 aromatic rings. The number of halogens is 1. The Balaban J connectivity index is 0.00000676. The lowest BCUT2D eigenvalue weighted by molar-refractivity contribution is 0.0278. The van der Waals surface area contributed by atoms with E-state index in [9.17, 15) is 4.79 Å². The van der Waals surface area contributed by atoms with Crippen LogP contribution in [0.5, 0.6) is 0 Å². The molecule has 0 aliphatic rings. The quantitative estimate of drug-likeness (QED) is 0.334. The van der Waals surface area contributed by atoms with Crippen molar-refractivity contribution in [3.8, 4) is 0 Å². The molecule has 0 saturated heterocycles. The van der Waals surface area contributed by atoms with Crippen LogP contribution in [0.4, 0.5) is 4.79 Å². The Bertz CT molecular complexity index is 601. The van der Waals surface area contributed by atoms with Crippen molar-refractivity contribution in [2.75, 3.05) is 33.7 Å². The number of aliphatic imine (C=N–C) groups is 1. The van der Waals surface area contributed by atoms with Gasteiger partial charge < -0.3 is 20.3 Å². The van der Waals surface area contributed by atoms with Crippen LogP contribution in [0.25, 0.3) is 0 Å². The van der Waals surface area contributed by atoms with Crippen LogP contribution < -0.4 is 10.6 Å². The van der Waals surface area contributed by atoms with E-state index in [2.05, 4.69) is 34.5 Å². The maximum atomic E-state index is 12.0. The number of nitrogens with zero attached hydrogens (tertiary/aromatic N) is 3. The number of aromatic nitrogens is 1. The normalized spacial score (nSPS) is 12.8. The van der Waals surface area contributed by atoms with Gasteiger partial charge in [-0.1, -0.05) is 6.92 Å². The van der Waals surface area contributed by atoms with Crippen molar-refractivity contribution in [2.24, 2.45) is 10.9 Å². The van der Waals surface area contributed by atoms with Gasteiger partial charge in [0.1, 0.15) is 5.60 Å². The summed E-state index contributed by atoms with van der Waals surface area (Å²) in [6, 6.07) is 0. The fraction of sp³-hybridized carbons (Fsp3) is 0.722. The second kappa shape index (κ2) is 12.4. The van der Waals surface area contributed by atoms with E-state index in [1.54, 1.807) is 30.3 Å². The highest BCUT2D eigenvalue weighted by Crippen LogP contribution is 2.11. The summed E-state index contributed by atoms with van der Waals surface area (Å²) in [5.74, 6) is 1.01. The third-order valence-electron chi connectivity index (χ3n) is 3.43. The van der Waals surface area contributed by atoms with Crippen LogP contribution in [0.1, 0.15) is 37.6 Å². The largest absolute Gasteiger partial charge is 0.444 e. The van der Waals surface area contributed by atoms with E-state index in [1.807, 2.05) is 27.0 Å². The third-order valence-corrected chi connectivity index (χ3v) is 4.41. The van der Waals surface area contributed by atoms with Gasteiger partial charge in [0.05, 0.1) is 5.01 Å². The van der Waals surface area contributed by atoms with Crippen LogP contribution in [-0.2, 0) is 11.2 Å². The SMILES string of the molecule is CN=C(NCCc1ncc(C)s1)NCC(C)CN(C)C(=O)OC(C)(C)C.I. The molecule has 0 aromatic carbocycles. The van der Waals surface area contributed by atoms with E-state index in [0.29, 0.717) is 13.1 Å². The summed E-state index contributed by atoms with van der Waals surface area (Å²) in [5, 5.41) is 7.71. The Hall–Kier alpha value is -1.10. The molecule has 9 heteroatoms. The molecule has 0 radical (unpaired) electrons. The van der Waals surface area contributed by atoms with Crippen molar-refractivity contribution in [1.29, 1.82) is 0 Å². The first kappa shape index (κ1) is 25.9. The molecule has 1 rings (SSSR count). The van der Waals surface area contributed by atoms with Crippen LogP contribution >= 0.6 is 35.3 Å². The zero-order valence-corrected chi connectivity index (χ0v) is 20.6. The second-order valence-electron chi connectivity index (χ2n) is 7.46. The number of carbonyl (C=O) groups excluding carboxylic acids is 1. The molecule has 1 unspecified atom stereocenters. The van der Waals surface area contributed by atoms with Crippen LogP contribution in [0.3, 0.4) is 0 Å². The molecule has 0 bridgehead atoms. The smallest absolute Gasteiger partial charge is 0.410 e. The van der Waals surface area contributed by atoms with Crippen LogP contribution in [0.15, 0.2) is 11.2 Å². The molecule has 156 valence electrons. The Morgan fingerprint density at radius 3 is 2.59 bits per heavy atom. The molecule has 7 nitrogen and oxygen atoms in total. The lowest BCUT2D eigenvalue weighted by Crippen LogP contribution is -2.43. The fourth-order valence-corrected chi connectivity index (χ4v) is 3.03. The molecule has 1 heterocycles. The minimum absolute atomic E-state index is 0. The van der Waals surface area contributed by atoms with Crippen molar-refractivity contribution < 1.29 is 9.53 Å². The molecule has 0 saturated carbocycles. The number of hydrogen-bond donors (Lipinski definition) is 2. The second-order valence-corrected chi connectivity index (χ2v) is 8.78. The first-order chi connectivity index (χ1) is 12.1. The number of amides is 1. The minimum atomic E-state index is -0.477. The topological polar surface area (TPSA) is 78.9 Å². The third kappa shape index (κ3) is 11.4. The van der Waals surface area contributed by atoms with Gasteiger partial charge in [0.25, 0.3) is 0 Å². The molecule has 1 atom stereocenters. The van der Waals surface area contributed by atoms with Crippen LogP contribution in [0.2, 0.25) is 0 Å². The number of guanidine groups is 1. The molecule has 1 aromatic heterocycles. The number of nitrogens with one attached hydrogen (secondary N) is 2. The van der Waals surface area contributed by atoms with Gasteiger partial charge in [-0.2, -0.15) is 0 Å². The van der Waals surface area contributed by atoms with Crippen molar-refractivity contribution in [3.05, 3.63) is 16.1 Å². The van der Waals surface area contributed by atoms with E-state index in [1.165, 1.54) is 4.88 Å². The van der Waals surface area contributed by atoms with Gasteiger partial charge in [-0.3, -0.25) is 4.99 Å². The highest BCUT2D eigenvalue weighted by atomic mass is 127. The molecule has 1 amide bonds. The van der Waals surface area contributed by atoms with E-state index < -0.39 is 5.60 Å². The summed E-state index contributed by atoms with van der Waals surface area (Å²) >= 11 is 1.72. The highest BCUT2D eigenvalue weighted by Gasteiger charge is 2.20. The monoisotopic (exact) mass is 511 g/mol. The maximum absolute atomic E-state index is 12.0. The minimum Gasteiger partial charge on any atom is -0.444 e. The lowest BCUT2D eigenvalue weighted by atomic mass is 10.1. The van der Waals surface area contributed by atoms with Crippen molar-refractivity contribution in [2.45, 2.75) is 46.6 Å². The number of thiazole rings is 1. The number of carbonyl (C=O) groups is 1. The zero-order valence-electron chi connectivity index (χ0n) is 17.5. The molecule has 27 heavy (non-hydrogen) atoms. The molecular formula is C18H34IN5O2S. The summed E-state index contributed by atoms with van der Waals surface area (Å²) in [6.45, 7) is 11.8. The predicted molar refractivity (Wildman–Crippen MR) is 123 cm³/mol. The van der Waals surface area contributed by atoms with Gasteiger partial charge >= 0.3 is 6.09 Å². The van der Waals surface area contributed by atoms with Gasteiger partial charge in [-0.05, 0) is 33.6 Å². The highest BCUT2D eigenvalue weighted by molar-refractivity contribution is 14.0. The standard InChI is InChI=1S/C18H33N5O2S.HI/c1-13(12-23(7)17(24)25-18(3,4)5)10-22-16(19-6)20-9-8-15-21-11-14(2)26-15;/h11,13H,8-10,12H2,1-7H3,(H2,19,20,22);1H. The van der Waals surface area contributed by atoms with Gasteiger partial charge in [0.2, 0.25) is 0 Å². The van der Waals surface area contributed by atoms with Gasteiger partial charge in [0, 0.05) is 51.2 Å². The molecular weight excluding hydrogens is 477 g/mol. The Kier molecular flexibility index (Phi) is 11.9. The Morgan fingerprint density at radius 1 is 1.41 bits per heavy atom. The number of aryl methyl sites for hydroxylation is 1. The molecule has 0 aliphatic heterocycles. The number of rotatable bonds is 7. The summed E-state index contributed by atoms with van der Waals surface area (Å²) in [7, 11) is 3.51. The van der Waals surface area contributed by atoms with Crippen LogP contribution in [0, 0.1) is 12.8 Å². The molecule has 2 N–H and O–H groups in total. The average molecular weight is 511 g/mol. The molecule has 0 fully saturated rings. The maximum Gasteiger partial charge on any atom is 0.410 e. The average Bonchev–Trinajstić information content (AvgIpc) is 2.94. The van der Waals surface area contributed by atoms with Crippen molar-refractivity contribution in [3.63, 3.8) is 0 Å². The van der Waals surface area contributed by atoms with E-state index >= 15 is 0 Å². The van der Waals surface area contributed by atoms with Gasteiger partial charge in [-0.25, -0.2) is 9.78 Å². The number of hydrogen-bond acceptors (Lipinski definition) is 5. The summed E-state index contributed by atoms with van der Waals surface area (Å²) < 4.78 is 5.37. The van der Waals surface area contributed by atoms with Crippen LogP contribution in [-0.4, -0.2) is 61.3 Å². The van der Waals surface area contributed by atoms with Crippen molar-refractivity contribution in [1.82, 2.24) is 20.5 Å². The summed E-state index contributed by atoms with van der Waals surface area (Å²) in [5.41, 5.74) is -0.477. The van der Waals surface area contributed by atoms with Crippen molar-refractivity contribution >= 4 is 47.4 Å². The molecule has 0 aliphatic carbocycles. The first-order valence-corrected chi connectivity index (χ1v) is 9.72. The Morgan fingerprint density at radius 2 is 2.07 bits per heavy atom.